The fourth-order valence-electron chi connectivity index (χ4n) is 1.79. The zero-order chi connectivity index (χ0) is 8.60. The number of rotatable bonds is 3. The van der Waals surface area contributed by atoms with Crippen molar-refractivity contribution in [1.82, 2.24) is 0 Å². The molecule has 1 saturated carbocycles. The normalized spacial score (nSPS) is 33.7. The smallest absolute Gasteiger partial charge is 0.104 e. The molecule has 0 saturated heterocycles. The molecule has 2 heteroatoms. The molecule has 1 aliphatic rings. The first-order valence-electron chi connectivity index (χ1n) is 4.35. The van der Waals surface area contributed by atoms with Crippen molar-refractivity contribution in [3.05, 3.63) is 24.2 Å². The SMILES string of the molecule is CC1CC1(CCl)Cc1ccco1. The maximum Gasteiger partial charge on any atom is 0.104 e. The second kappa shape index (κ2) is 2.81. The third-order valence-corrected chi connectivity index (χ3v) is 3.50. The van der Waals surface area contributed by atoms with E-state index in [0.29, 0.717) is 5.41 Å². The number of hydrogen-bond donors (Lipinski definition) is 0. The van der Waals surface area contributed by atoms with Gasteiger partial charge in [0, 0.05) is 12.3 Å². The summed E-state index contributed by atoms with van der Waals surface area (Å²) in [4.78, 5) is 0. The van der Waals surface area contributed by atoms with Crippen LogP contribution >= 0.6 is 11.6 Å². The van der Waals surface area contributed by atoms with Crippen molar-refractivity contribution in [1.29, 1.82) is 0 Å². The van der Waals surface area contributed by atoms with Gasteiger partial charge in [0.25, 0.3) is 0 Å². The molecule has 66 valence electrons. The largest absolute Gasteiger partial charge is 0.469 e. The molecular weight excluding hydrogens is 172 g/mol. The van der Waals surface area contributed by atoms with Crippen LogP contribution < -0.4 is 0 Å². The van der Waals surface area contributed by atoms with Gasteiger partial charge < -0.3 is 4.42 Å². The van der Waals surface area contributed by atoms with E-state index < -0.39 is 0 Å². The molecule has 1 nitrogen and oxygen atoms in total. The van der Waals surface area contributed by atoms with Gasteiger partial charge in [0.1, 0.15) is 5.76 Å². The minimum Gasteiger partial charge on any atom is -0.469 e. The van der Waals surface area contributed by atoms with Crippen LogP contribution in [0, 0.1) is 11.3 Å². The van der Waals surface area contributed by atoms with Gasteiger partial charge in [0.05, 0.1) is 6.26 Å². The van der Waals surface area contributed by atoms with Crippen LogP contribution in [0.15, 0.2) is 22.8 Å². The van der Waals surface area contributed by atoms with E-state index in [9.17, 15) is 0 Å². The zero-order valence-electron chi connectivity index (χ0n) is 7.22. The van der Waals surface area contributed by atoms with Gasteiger partial charge in [0.15, 0.2) is 0 Å². The maximum absolute atomic E-state index is 5.93. The van der Waals surface area contributed by atoms with Crippen LogP contribution in [-0.4, -0.2) is 5.88 Å². The predicted molar refractivity (Wildman–Crippen MR) is 49.3 cm³/mol. The second-order valence-corrected chi connectivity index (χ2v) is 4.12. The van der Waals surface area contributed by atoms with Crippen molar-refractivity contribution >= 4 is 11.6 Å². The van der Waals surface area contributed by atoms with Crippen molar-refractivity contribution in [3.63, 3.8) is 0 Å². The molecule has 0 amide bonds. The molecule has 0 aliphatic heterocycles. The van der Waals surface area contributed by atoms with E-state index in [2.05, 4.69) is 6.92 Å². The lowest BCUT2D eigenvalue weighted by molar-refractivity contribution is 0.431. The average Bonchev–Trinajstić information content (AvgIpc) is 2.51. The summed E-state index contributed by atoms with van der Waals surface area (Å²) in [6.07, 6.45) is 3.98. The quantitative estimate of drug-likeness (QED) is 0.658. The minimum atomic E-state index is 0.347. The van der Waals surface area contributed by atoms with Crippen molar-refractivity contribution < 1.29 is 4.42 Å². The van der Waals surface area contributed by atoms with Crippen LogP contribution in [0.1, 0.15) is 19.1 Å². The lowest BCUT2D eigenvalue weighted by atomic mass is 10.0. The summed E-state index contributed by atoms with van der Waals surface area (Å²) >= 11 is 5.93. The van der Waals surface area contributed by atoms with E-state index in [1.54, 1.807) is 6.26 Å². The Morgan fingerprint density at radius 1 is 1.75 bits per heavy atom. The lowest BCUT2D eigenvalue weighted by Crippen LogP contribution is -2.08. The van der Waals surface area contributed by atoms with E-state index in [0.717, 1.165) is 24.0 Å². The fourth-order valence-corrected chi connectivity index (χ4v) is 2.26. The third-order valence-electron chi connectivity index (χ3n) is 2.97. The summed E-state index contributed by atoms with van der Waals surface area (Å²) in [6, 6.07) is 3.96. The van der Waals surface area contributed by atoms with E-state index in [1.807, 2.05) is 12.1 Å². The summed E-state index contributed by atoms with van der Waals surface area (Å²) in [5.41, 5.74) is 0.347. The molecule has 0 aromatic carbocycles. The van der Waals surface area contributed by atoms with Gasteiger partial charge in [-0.25, -0.2) is 0 Å². The highest BCUT2D eigenvalue weighted by Crippen LogP contribution is 2.55. The number of alkyl halides is 1. The predicted octanol–water partition coefficient (Wildman–Crippen LogP) is 3.09. The Hall–Kier alpha value is -0.430. The van der Waals surface area contributed by atoms with Gasteiger partial charge >= 0.3 is 0 Å². The Bertz CT molecular complexity index is 251. The summed E-state index contributed by atoms with van der Waals surface area (Å²) in [5, 5.41) is 0. The van der Waals surface area contributed by atoms with Crippen LogP contribution in [0.5, 0.6) is 0 Å². The Kier molecular flexibility index (Phi) is 1.91. The Balaban J connectivity index is 2.04. The zero-order valence-corrected chi connectivity index (χ0v) is 7.97. The molecule has 1 aromatic rings. The first kappa shape index (κ1) is 8.18. The van der Waals surface area contributed by atoms with Gasteiger partial charge in [-0.2, -0.15) is 0 Å². The molecule has 2 atom stereocenters. The number of halogens is 1. The van der Waals surface area contributed by atoms with E-state index >= 15 is 0 Å². The van der Waals surface area contributed by atoms with Gasteiger partial charge in [0.2, 0.25) is 0 Å². The van der Waals surface area contributed by atoms with E-state index in [-0.39, 0.29) is 0 Å². The minimum absolute atomic E-state index is 0.347. The molecule has 2 unspecified atom stereocenters. The molecule has 0 radical (unpaired) electrons. The highest BCUT2D eigenvalue weighted by molar-refractivity contribution is 6.18. The molecule has 0 spiro atoms. The highest BCUT2D eigenvalue weighted by atomic mass is 35.5. The van der Waals surface area contributed by atoms with Crippen molar-refractivity contribution in [2.24, 2.45) is 11.3 Å². The standard InChI is InChI=1S/C10H13ClO/c1-8-5-10(8,7-11)6-9-3-2-4-12-9/h2-4,8H,5-7H2,1H3. The van der Waals surface area contributed by atoms with Gasteiger partial charge in [-0.3, -0.25) is 0 Å². The van der Waals surface area contributed by atoms with Crippen LogP contribution in [0.2, 0.25) is 0 Å². The molecule has 1 fully saturated rings. The van der Waals surface area contributed by atoms with Gasteiger partial charge in [-0.05, 0) is 29.9 Å². The molecule has 1 heterocycles. The summed E-state index contributed by atoms with van der Waals surface area (Å²) in [6.45, 7) is 2.26. The summed E-state index contributed by atoms with van der Waals surface area (Å²) < 4.78 is 5.30. The molecule has 1 aliphatic carbocycles. The summed E-state index contributed by atoms with van der Waals surface area (Å²) in [7, 11) is 0. The lowest BCUT2D eigenvalue weighted by Gasteiger charge is -2.09. The molecule has 12 heavy (non-hydrogen) atoms. The van der Waals surface area contributed by atoms with Crippen LogP contribution in [0.3, 0.4) is 0 Å². The Morgan fingerprint density at radius 2 is 2.50 bits per heavy atom. The first-order chi connectivity index (χ1) is 5.77. The van der Waals surface area contributed by atoms with E-state index in [4.69, 9.17) is 16.0 Å². The molecule has 0 N–H and O–H groups in total. The highest BCUT2D eigenvalue weighted by Gasteiger charge is 2.50. The van der Waals surface area contributed by atoms with Crippen LogP contribution in [0.4, 0.5) is 0 Å². The monoisotopic (exact) mass is 184 g/mol. The van der Waals surface area contributed by atoms with Crippen molar-refractivity contribution in [2.75, 3.05) is 5.88 Å². The molecule has 0 bridgehead atoms. The Morgan fingerprint density at radius 3 is 2.92 bits per heavy atom. The average molecular weight is 185 g/mol. The molecular formula is C10H13ClO. The van der Waals surface area contributed by atoms with E-state index in [1.165, 1.54) is 6.42 Å². The third kappa shape index (κ3) is 1.27. The van der Waals surface area contributed by atoms with Crippen molar-refractivity contribution in [3.8, 4) is 0 Å². The fraction of sp³-hybridized carbons (Fsp3) is 0.600. The van der Waals surface area contributed by atoms with Gasteiger partial charge in [-0.1, -0.05) is 6.92 Å². The van der Waals surface area contributed by atoms with Crippen LogP contribution in [-0.2, 0) is 6.42 Å². The molecule has 2 rings (SSSR count). The van der Waals surface area contributed by atoms with Gasteiger partial charge in [-0.15, -0.1) is 11.6 Å². The summed E-state index contributed by atoms with van der Waals surface area (Å²) in [5.74, 6) is 2.59. The van der Waals surface area contributed by atoms with Crippen molar-refractivity contribution in [2.45, 2.75) is 19.8 Å². The Labute approximate surface area is 77.7 Å². The molecule has 1 aromatic heterocycles. The first-order valence-corrected chi connectivity index (χ1v) is 4.89. The number of hydrogen-bond acceptors (Lipinski definition) is 1. The topological polar surface area (TPSA) is 13.1 Å². The van der Waals surface area contributed by atoms with Crippen LogP contribution in [0.25, 0.3) is 0 Å². The maximum atomic E-state index is 5.93. The number of furan rings is 1. The second-order valence-electron chi connectivity index (χ2n) is 3.86.